The second kappa shape index (κ2) is 7.75. The Morgan fingerprint density at radius 2 is 1.81 bits per heavy atom. The Morgan fingerprint density at radius 3 is 2.41 bits per heavy atom. The molecule has 0 aliphatic carbocycles. The summed E-state index contributed by atoms with van der Waals surface area (Å²) in [7, 11) is -2.48. The highest BCUT2D eigenvalue weighted by Crippen LogP contribution is 2.25. The molecule has 144 valence electrons. The summed E-state index contributed by atoms with van der Waals surface area (Å²) < 4.78 is 28.4. The van der Waals surface area contributed by atoms with Crippen molar-refractivity contribution >= 4 is 33.2 Å². The summed E-state index contributed by atoms with van der Waals surface area (Å²) in [5, 5.41) is 5.84. The number of carbonyl (C=O) groups excluding carboxylic acids is 1. The first-order chi connectivity index (χ1) is 12.8. The predicted octanol–water partition coefficient (Wildman–Crippen LogP) is 1.96. The number of amides is 1. The van der Waals surface area contributed by atoms with Gasteiger partial charge in [0.1, 0.15) is 5.75 Å². The van der Waals surface area contributed by atoms with Crippen molar-refractivity contribution in [1.29, 1.82) is 0 Å². The van der Waals surface area contributed by atoms with Gasteiger partial charge in [-0.15, -0.1) is 0 Å². The normalized spacial score (nSPS) is 14.9. The molecule has 1 saturated heterocycles. The molecule has 2 aromatic carbocycles. The highest BCUT2D eigenvalue weighted by Gasteiger charge is 2.26. The fraction of sp³-hybridized carbons (Fsp3) is 0.278. The summed E-state index contributed by atoms with van der Waals surface area (Å²) in [6.45, 7) is 2.27. The zero-order chi connectivity index (χ0) is 19.6. The molecule has 7 nitrogen and oxygen atoms in total. The number of hydrogen-bond acceptors (Lipinski definition) is 5. The van der Waals surface area contributed by atoms with Crippen LogP contribution in [0.2, 0.25) is 5.02 Å². The number of piperazine rings is 1. The van der Waals surface area contributed by atoms with E-state index in [1.54, 1.807) is 4.90 Å². The van der Waals surface area contributed by atoms with E-state index in [0.717, 1.165) is 5.69 Å². The molecule has 2 N–H and O–H groups in total. The first kappa shape index (κ1) is 19.5. The van der Waals surface area contributed by atoms with Crippen molar-refractivity contribution in [1.82, 2.24) is 4.90 Å². The Bertz CT molecular complexity index is 957. The third kappa shape index (κ3) is 4.35. The van der Waals surface area contributed by atoms with Crippen LogP contribution in [-0.4, -0.2) is 52.5 Å². The third-order valence-electron chi connectivity index (χ3n) is 4.47. The molecule has 1 fully saturated rings. The van der Waals surface area contributed by atoms with Crippen LogP contribution in [0.1, 0.15) is 10.4 Å². The fourth-order valence-electron chi connectivity index (χ4n) is 3.04. The SMILES string of the molecule is COc1ccc(S(N)(=O)=O)cc1C(=O)N1CCN(c2cccc(Cl)c2)CC1. The van der Waals surface area contributed by atoms with E-state index in [9.17, 15) is 13.2 Å². The lowest BCUT2D eigenvalue weighted by Crippen LogP contribution is -2.48. The van der Waals surface area contributed by atoms with Crippen molar-refractivity contribution in [2.45, 2.75) is 4.90 Å². The fourth-order valence-corrected chi connectivity index (χ4v) is 3.77. The zero-order valence-corrected chi connectivity index (χ0v) is 16.3. The van der Waals surface area contributed by atoms with E-state index < -0.39 is 10.0 Å². The molecule has 0 bridgehead atoms. The molecule has 9 heteroatoms. The number of nitrogens with two attached hydrogens (primary N) is 1. The quantitative estimate of drug-likeness (QED) is 0.833. The molecule has 3 rings (SSSR count). The van der Waals surface area contributed by atoms with Gasteiger partial charge in [-0.3, -0.25) is 4.79 Å². The van der Waals surface area contributed by atoms with Gasteiger partial charge in [0.2, 0.25) is 10.0 Å². The van der Waals surface area contributed by atoms with Crippen LogP contribution in [0.25, 0.3) is 0 Å². The summed E-state index contributed by atoms with van der Waals surface area (Å²) >= 11 is 6.04. The van der Waals surface area contributed by atoms with E-state index in [1.165, 1.54) is 25.3 Å². The number of nitrogens with zero attached hydrogens (tertiary/aromatic N) is 2. The number of halogens is 1. The first-order valence-electron chi connectivity index (χ1n) is 8.30. The second-order valence-corrected chi connectivity index (χ2v) is 8.16. The van der Waals surface area contributed by atoms with Gasteiger partial charge in [0.15, 0.2) is 0 Å². The highest BCUT2D eigenvalue weighted by molar-refractivity contribution is 7.89. The molecule has 1 amide bonds. The van der Waals surface area contributed by atoms with E-state index in [-0.39, 0.29) is 16.4 Å². The van der Waals surface area contributed by atoms with Crippen LogP contribution in [0.4, 0.5) is 5.69 Å². The van der Waals surface area contributed by atoms with Crippen LogP contribution in [0.15, 0.2) is 47.4 Å². The molecule has 0 radical (unpaired) electrons. The van der Waals surface area contributed by atoms with Gasteiger partial charge in [0, 0.05) is 36.9 Å². The number of benzene rings is 2. The van der Waals surface area contributed by atoms with Crippen molar-refractivity contribution in [2.24, 2.45) is 5.14 Å². The molecule has 1 aliphatic rings. The Labute approximate surface area is 163 Å². The van der Waals surface area contributed by atoms with Crippen LogP contribution in [0, 0.1) is 0 Å². The van der Waals surface area contributed by atoms with E-state index in [1.807, 2.05) is 24.3 Å². The first-order valence-corrected chi connectivity index (χ1v) is 10.2. The lowest BCUT2D eigenvalue weighted by Gasteiger charge is -2.36. The number of sulfonamides is 1. The number of ether oxygens (including phenoxy) is 1. The summed E-state index contributed by atoms with van der Waals surface area (Å²) in [6.07, 6.45) is 0. The van der Waals surface area contributed by atoms with E-state index >= 15 is 0 Å². The average Bonchev–Trinajstić information content (AvgIpc) is 2.66. The molecule has 2 aromatic rings. The number of carbonyl (C=O) groups is 1. The topological polar surface area (TPSA) is 92.9 Å². The lowest BCUT2D eigenvalue weighted by molar-refractivity contribution is 0.0743. The van der Waals surface area contributed by atoms with E-state index in [0.29, 0.717) is 37.0 Å². The zero-order valence-electron chi connectivity index (χ0n) is 14.8. The Morgan fingerprint density at radius 1 is 1.11 bits per heavy atom. The van der Waals surface area contributed by atoms with E-state index in [2.05, 4.69) is 4.90 Å². The molecular weight excluding hydrogens is 390 g/mol. The van der Waals surface area contributed by atoms with Crippen LogP contribution in [0.3, 0.4) is 0 Å². The van der Waals surface area contributed by atoms with Crippen molar-refractivity contribution < 1.29 is 17.9 Å². The smallest absolute Gasteiger partial charge is 0.257 e. The molecule has 1 aliphatic heterocycles. The van der Waals surface area contributed by atoms with Crippen molar-refractivity contribution in [3.63, 3.8) is 0 Å². The van der Waals surface area contributed by atoms with Crippen LogP contribution >= 0.6 is 11.6 Å². The van der Waals surface area contributed by atoms with Gasteiger partial charge in [0.25, 0.3) is 5.91 Å². The van der Waals surface area contributed by atoms with Gasteiger partial charge < -0.3 is 14.5 Å². The third-order valence-corrected chi connectivity index (χ3v) is 5.62. The van der Waals surface area contributed by atoms with Crippen molar-refractivity contribution in [3.8, 4) is 5.75 Å². The van der Waals surface area contributed by atoms with Gasteiger partial charge >= 0.3 is 0 Å². The van der Waals surface area contributed by atoms with Gasteiger partial charge in [-0.25, -0.2) is 13.6 Å². The summed E-state index contributed by atoms with van der Waals surface area (Å²) in [4.78, 5) is 16.6. The maximum atomic E-state index is 12.9. The molecule has 27 heavy (non-hydrogen) atoms. The Hall–Kier alpha value is -2.29. The molecule has 0 unspecified atom stereocenters. The standard InChI is InChI=1S/C18H20ClN3O4S/c1-26-17-6-5-15(27(20,24)25)12-16(17)18(23)22-9-7-21(8-10-22)14-4-2-3-13(19)11-14/h2-6,11-12H,7-10H2,1H3,(H2,20,24,25). The molecular formula is C18H20ClN3O4S. The van der Waals surface area contributed by atoms with Crippen LogP contribution < -0.4 is 14.8 Å². The number of hydrogen-bond donors (Lipinski definition) is 1. The van der Waals surface area contributed by atoms with Crippen molar-refractivity contribution in [2.75, 3.05) is 38.2 Å². The Kier molecular flexibility index (Phi) is 5.59. The number of rotatable bonds is 4. The number of primary sulfonamides is 1. The molecule has 0 spiro atoms. The predicted molar refractivity (Wildman–Crippen MR) is 104 cm³/mol. The maximum absolute atomic E-state index is 12.9. The van der Waals surface area contributed by atoms with Gasteiger partial charge in [-0.05, 0) is 36.4 Å². The van der Waals surface area contributed by atoms with Crippen molar-refractivity contribution in [3.05, 3.63) is 53.1 Å². The van der Waals surface area contributed by atoms with Gasteiger partial charge in [-0.1, -0.05) is 17.7 Å². The minimum absolute atomic E-state index is 0.121. The second-order valence-electron chi connectivity index (χ2n) is 6.17. The summed E-state index contributed by atoms with van der Waals surface area (Å²) in [5.41, 5.74) is 1.18. The van der Waals surface area contributed by atoms with Gasteiger partial charge in [0.05, 0.1) is 17.6 Å². The Balaban J connectivity index is 1.78. The molecule has 0 aromatic heterocycles. The minimum Gasteiger partial charge on any atom is -0.496 e. The molecule has 0 atom stereocenters. The van der Waals surface area contributed by atoms with Crippen LogP contribution in [-0.2, 0) is 10.0 Å². The number of anilines is 1. The molecule has 0 saturated carbocycles. The summed E-state index contributed by atoms with van der Waals surface area (Å²) in [5.74, 6) is 0.0211. The minimum atomic E-state index is -3.91. The van der Waals surface area contributed by atoms with Gasteiger partial charge in [-0.2, -0.15) is 0 Å². The highest BCUT2D eigenvalue weighted by atomic mass is 35.5. The average molecular weight is 410 g/mol. The van der Waals surface area contributed by atoms with E-state index in [4.69, 9.17) is 21.5 Å². The maximum Gasteiger partial charge on any atom is 0.257 e. The summed E-state index contributed by atoms with van der Waals surface area (Å²) in [6, 6.07) is 11.6. The lowest BCUT2D eigenvalue weighted by atomic mass is 10.1. The van der Waals surface area contributed by atoms with Crippen LogP contribution in [0.5, 0.6) is 5.75 Å². The largest absolute Gasteiger partial charge is 0.496 e. The molecule has 1 heterocycles. The number of methoxy groups -OCH3 is 1. The monoisotopic (exact) mass is 409 g/mol.